The Balaban J connectivity index is 2.91. The van der Waals surface area contributed by atoms with Crippen LogP contribution in [0.1, 0.15) is 56.6 Å². The summed E-state index contributed by atoms with van der Waals surface area (Å²) in [6.07, 6.45) is 0. The molecule has 5 heteroatoms. The molecular formula is C15H24N2O3. The number of rotatable bonds is 7. The van der Waals surface area contributed by atoms with Gasteiger partial charge in [-0.05, 0) is 38.8 Å². The number of carboxylic acid groups (broad SMARTS) is 1. The number of nitrogens with one attached hydrogen (secondary N) is 1. The first-order valence-corrected chi connectivity index (χ1v) is 6.88. The zero-order valence-corrected chi connectivity index (χ0v) is 12.9. The van der Waals surface area contributed by atoms with E-state index in [0.717, 1.165) is 5.69 Å². The fraction of sp³-hybridized carbons (Fsp3) is 0.600. The number of aromatic carboxylic acids is 1. The summed E-state index contributed by atoms with van der Waals surface area (Å²) in [6, 6.07) is 3.17. The van der Waals surface area contributed by atoms with Crippen LogP contribution in [-0.4, -0.2) is 34.8 Å². The number of aromatic nitrogens is 1. The number of ether oxygens (including phenoxy) is 1. The molecule has 0 radical (unpaired) electrons. The number of carboxylic acids is 1. The van der Waals surface area contributed by atoms with Gasteiger partial charge in [0.25, 0.3) is 0 Å². The highest BCUT2D eigenvalue weighted by atomic mass is 16.5. The topological polar surface area (TPSA) is 71.5 Å². The van der Waals surface area contributed by atoms with Crippen LogP contribution in [0.3, 0.4) is 0 Å². The van der Waals surface area contributed by atoms with Crippen LogP contribution in [0.4, 0.5) is 5.82 Å². The lowest BCUT2D eigenvalue weighted by atomic mass is 10.1. The van der Waals surface area contributed by atoms with Crippen molar-refractivity contribution in [1.29, 1.82) is 0 Å². The molecule has 0 atom stereocenters. The second-order valence-electron chi connectivity index (χ2n) is 5.67. The van der Waals surface area contributed by atoms with Gasteiger partial charge in [0.2, 0.25) is 0 Å². The average molecular weight is 280 g/mol. The van der Waals surface area contributed by atoms with E-state index in [0.29, 0.717) is 19.0 Å². The Labute approximate surface area is 120 Å². The van der Waals surface area contributed by atoms with Crippen LogP contribution in [0, 0.1) is 0 Å². The normalized spacial score (nSPS) is 11.7. The van der Waals surface area contributed by atoms with E-state index >= 15 is 0 Å². The molecule has 1 heterocycles. The lowest BCUT2D eigenvalue weighted by Gasteiger charge is -2.25. The molecule has 1 rings (SSSR count). The minimum Gasteiger partial charge on any atom is -0.478 e. The van der Waals surface area contributed by atoms with Crippen molar-refractivity contribution in [2.75, 3.05) is 18.5 Å². The highest BCUT2D eigenvalue weighted by Crippen LogP contribution is 2.19. The molecule has 1 aromatic heterocycles. The molecule has 20 heavy (non-hydrogen) atoms. The molecule has 0 bridgehead atoms. The van der Waals surface area contributed by atoms with Crippen molar-refractivity contribution in [1.82, 2.24) is 4.98 Å². The summed E-state index contributed by atoms with van der Waals surface area (Å²) < 4.78 is 5.60. The lowest BCUT2D eigenvalue weighted by Crippen LogP contribution is -2.33. The van der Waals surface area contributed by atoms with Gasteiger partial charge in [0.1, 0.15) is 5.82 Å². The lowest BCUT2D eigenvalue weighted by molar-refractivity contribution is 0.000638. The summed E-state index contributed by atoms with van der Waals surface area (Å²) in [6.45, 7) is 11.1. The quantitative estimate of drug-likeness (QED) is 0.803. The predicted molar refractivity (Wildman–Crippen MR) is 79.5 cm³/mol. The first-order chi connectivity index (χ1) is 9.25. The van der Waals surface area contributed by atoms with Gasteiger partial charge in [0.15, 0.2) is 0 Å². The number of carbonyl (C=O) groups is 1. The monoisotopic (exact) mass is 280 g/mol. The third kappa shape index (κ3) is 4.81. The second-order valence-corrected chi connectivity index (χ2v) is 5.67. The first-order valence-electron chi connectivity index (χ1n) is 6.88. The molecule has 5 nitrogen and oxygen atoms in total. The van der Waals surface area contributed by atoms with Crippen molar-refractivity contribution in [2.24, 2.45) is 0 Å². The van der Waals surface area contributed by atoms with Crippen molar-refractivity contribution in [3.05, 3.63) is 23.4 Å². The summed E-state index contributed by atoms with van der Waals surface area (Å²) in [5.74, 6) is -0.197. The number of hydrogen-bond acceptors (Lipinski definition) is 4. The van der Waals surface area contributed by atoms with Crippen molar-refractivity contribution in [2.45, 2.75) is 46.1 Å². The van der Waals surface area contributed by atoms with Gasteiger partial charge in [-0.25, -0.2) is 9.78 Å². The second kappa shape index (κ2) is 6.70. The third-order valence-electron chi connectivity index (χ3n) is 2.91. The van der Waals surface area contributed by atoms with Crippen LogP contribution in [0.5, 0.6) is 0 Å². The molecule has 1 aromatic rings. The van der Waals surface area contributed by atoms with E-state index in [9.17, 15) is 4.79 Å². The highest BCUT2D eigenvalue weighted by molar-refractivity contribution is 5.88. The van der Waals surface area contributed by atoms with Gasteiger partial charge in [-0.2, -0.15) is 0 Å². The zero-order chi connectivity index (χ0) is 15.3. The van der Waals surface area contributed by atoms with Crippen molar-refractivity contribution < 1.29 is 14.6 Å². The first kappa shape index (κ1) is 16.4. The smallest absolute Gasteiger partial charge is 0.335 e. The van der Waals surface area contributed by atoms with Crippen molar-refractivity contribution in [3.63, 3.8) is 0 Å². The standard InChI is InChI=1S/C15H24N2O3/c1-6-20-15(4,5)9-16-13-8-11(14(18)19)7-12(17-13)10(2)3/h7-8,10H,6,9H2,1-5H3,(H,16,17)(H,18,19). The van der Waals surface area contributed by atoms with E-state index in [4.69, 9.17) is 9.84 Å². The minimum absolute atomic E-state index is 0.176. The molecule has 0 aliphatic heterocycles. The Bertz CT molecular complexity index is 470. The molecule has 0 amide bonds. The SMILES string of the molecule is CCOC(C)(C)CNc1cc(C(=O)O)cc(C(C)C)n1. The van der Waals surface area contributed by atoms with E-state index in [1.807, 2.05) is 34.6 Å². The summed E-state index contributed by atoms with van der Waals surface area (Å²) in [5.41, 5.74) is 0.690. The van der Waals surface area contributed by atoms with Gasteiger partial charge >= 0.3 is 5.97 Å². The summed E-state index contributed by atoms with van der Waals surface area (Å²) in [5, 5.41) is 12.3. The van der Waals surface area contributed by atoms with Gasteiger partial charge in [0.05, 0.1) is 11.2 Å². The van der Waals surface area contributed by atoms with Crippen molar-refractivity contribution >= 4 is 11.8 Å². The van der Waals surface area contributed by atoms with E-state index in [1.54, 1.807) is 12.1 Å². The summed E-state index contributed by atoms with van der Waals surface area (Å²) >= 11 is 0. The maximum atomic E-state index is 11.2. The molecule has 0 saturated heterocycles. The molecule has 0 fully saturated rings. The Morgan fingerprint density at radius 3 is 2.60 bits per heavy atom. The summed E-state index contributed by atoms with van der Waals surface area (Å²) in [7, 11) is 0. The van der Waals surface area contributed by atoms with Gasteiger partial charge in [0, 0.05) is 18.8 Å². The molecule has 0 aliphatic rings. The molecule has 2 N–H and O–H groups in total. The largest absolute Gasteiger partial charge is 0.478 e. The van der Waals surface area contributed by atoms with Crippen LogP contribution in [0.2, 0.25) is 0 Å². The van der Waals surface area contributed by atoms with Crippen LogP contribution in [-0.2, 0) is 4.74 Å². The Morgan fingerprint density at radius 1 is 1.45 bits per heavy atom. The predicted octanol–water partition coefficient (Wildman–Crippen LogP) is 3.13. The van der Waals surface area contributed by atoms with Crippen LogP contribution >= 0.6 is 0 Å². The van der Waals surface area contributed by atoms with Crippen LogP contribution in [0.15, 0.2) is 12.1 Å². The van der Waals surface area contributed by atoms with Gasteiger partial charge in [-0.3, -0.25) is 0 Å². The van der Waals surface area contributed by atoms with Gasteiger partial charge < -0.3 is 15.2 Å². The van der Waals surface area contributed by atoms with E-state index in [1.165, 1.54) is 0 Å². The number of hydrogen-bond donors (Lipinski definition) is 2. The molecule has 112 valence electrons. The number of nitrogens with zero attached hydrogens (tertiary/aromatic N) is 1. The Morgan fingerprint density at radius 2 is 2.10 bits per heavy atom. The molecular weight excluding hydrogens is 256 g/mol. The third-order valence-corrected chi connectivity index (χ3v) is 2.91. The van der Waals surface area contributed by atoms with E-state index in [2.05, 4.69) is 10.3 Å². The van der Waals surface area contributed by atoms with Crippen LogP contribution in [0.25, 0.3) is 0 Å². The van der Waals surface area contributed by atoms with Gasteiger partial charge in [-0.1, -0.05) is 13.8 Å². The maximum Gasteiger partial charge on any atom is 0.335 e. The Kier molecular flexibility index (Phi) is 5.51. The molecule has 0 spiro atoms. The highest BCUT2D eigenvalue weighted by Gasteiger charge is 2.18. The molecule has 0 aliphatic carbocycles. The number of anilines is 1. The zero-order valence-electron chi connectivity index (χ0n) is 12.9. The van der Waals surface area contributed by atoms with Gasteiger partial charge in [-0.15, -0.1) is 0 Å². The Hall–Kier alpha value is -1.62. The minimum atomic E-state index is -0.943. The molecule has 0 unspecified atom stereocenters. The molecule has 0 saturated carbocycles. The van der Waals surface area contributed by atoms with Crippen LogP contribution < -0.4 is 5.32 Å². The number of pyridine rings is 1. The molecule has 0 aromatic carbocycles. The fourth-order valence-corrected chi connectivity index (χ4v) is 1.81. The van der Waals surface area contributed by atoms with Crippen molar-refractivity contribution in [3.8, 4) is 0 Å². The fourth-order valence-electron chi connectivity index (χ4n) is 1.81. The van der Waals surface area contributed by atoms with E-state index < -0.39 is 5.97 Å². The average Bonchev–Trinajstić information content (AvgIpc) is 2.36. The summed E-state index contributed by atoms with van der Waals surface area (Å²) in [4.78, 5) is 15.6. The maximum absolute atomic E-state index is 11.2. The van der Waals surface area contributed by atoms with E-state index in [-0.39, 0.29) is 17.1 Å².